The molecule has 18 heavy (non-hydrogen) atoms. The van der Waals surface area contributed by atoms with Gasteiger partial charge in [-0.2, -0.15) is 5.10 Å². The highest BCUT2D eigenvalue weighted by Crippen LogP contribution is 2.16. The number of hydrogen-bond donors (Lipinski definition) is 3. The lowest BCUT2D eigenvalue weighted by Crippen LogP contribution is -2.14. The van der Waals surface area contributed by atoms with Crippen LogP contribution in [-0.4, -0.2) is 30.2 Å². The lowest BCUT2D eigenvalue weighted by atomic mass is 10.2. The average molecular weight is 245 g/mol. The minimum atomic E-state index is -0.226. The third-order valence-corrected chi connectivity index (χ3v) is 2.55. The van der Waals surface area contributed by atoms with Crippen LogP contribution in [0.3, 0.4) is 0 Å². The summed E-state index contributed by atoms with van der Waals surface area (Å²) in [4.78, 5) is 13.9. The van der Waals surface area contributed by atoms with E-state index in [9.17, 15) is 4.79 Å². The van der Waals surface area contributed by atoms with Crippen molar-refractivity contribution in [2.75, 3.05) is 30.0 Å². The summed E-state index contributed by atoms with van der Waals surface area (Å²) in [6.45, 7) is 0. The van der Waals surface area contributed by atoms with Crippen molar-refractivity contribution in [3.05, 3.63) is 36.0 Å². The fourth-order valence-electron chi connectivity index (χ4n) is 1.49. The van der Waals surface area contributed by atoms with Gasteiger partial charge in [-0.1, -0.05) is 0 Å². The quantitative estimate of drug-likeness (QED) is 0.761. The van der Waals surface area contributed by atoms with E-state index in [4.69, 9.17) is 5.73 Å². The van der Waals surface area contributed by atoms with Gasteiger partial charge in [0.1, 0.15) is 0 Å². The number of nitrogens with one attached hydrogen (secondary N) is 2. The molecule has 0 saturated heterocycles. The summed E-state index contributed by atoms with van der Waals surface area (Å²) in [7, 11) is 3.89. The third-order valence-electron chi connectivity index (χ3n) is 2.55. The summed E-state index contributed by atoms with van der Waals surface area (Å²) in [5, 5.41) is 9.01. The highest BCUT2D eigenvalue weighted by atomic mass is 16.1. The van der Waals surface area contributed by atoms with Crippen LogP contribution in [0.2, 0.25) is 0 Å². The van der Waals surface area contributed by atoms with E-state index in [0.717, 1.165) is 5.69 Å². The maximum atomic E-state index is 11.9. The molecule has 0 atom stereocenters. The molecule has 0 fully saturated rings. The van der Waals surface area contributed by atoms with E-state index in [0.29, 0.717) is 17.1 Å². The van der Waals surface area contributed by atoms with Crippen molar-refractivity contribution >= 4 is 23.1 Å². The molecule has 0 aliphatic rings. The number of hydrogen-bond acceptors (Lipinski definition) is 4. The molecule has 0 aliphatic carbocycles. The molecule has 1 amide bonds. The first-order valence-electron chi connectivity index (χ1n) is 5.45. The molecule has 0 unspecified atom stereocenters. The molecule has 4 N–H and O–H groups in total. The van der Waals surface area contributed by atoms with Crippen LogP contribution in [0.15, 0.2) is 30.5 Å². The molecule has 2 aromatic rings. The Hall–Kier alpha value is -2.50. The van der Waals surface area contributed by atoms with E-state index in [-0.39, 0.29) is 5.91 Å². The highest BCUT2D eigenvalue weighted by molar-refractivity contribution is 6.05. The van der Waals surface area contributed by atoms with Crippen LogP contribution in [0.4, 0.5) is 17.2 Å². The topological polar surface area (TPSA) is 87.0 Å². The molecule has 0 radical (unpaired) electrons. The third kappa shape index (κ3) is 2.42. The maximum absolute atomic E-state index is 11.9. The molecule has 6 heteroatoms. The maximum Gasteiger partial charge on any atom is 0.256 e. The Morgan fingerprint density at radius 2 is 2.00 bits per heavy atom. The zero-order chi connectivity index (χ0) is 13.1. The van der Waals surface area contributed by atoms with Gasteiger partial charge in [0, 0.05) is 25.3 Å². The first kappa shape index (κ1) is 12.0. The number of rotatable bonds is 3. The van der Waals surface area contributed by atoms with Crippen LogP contribution in [0.25, 0.3) is 0 Å². The summed E-state index contributed by atoms with van der Waals surface area (Å²) in [6.07, 6.45) is 1.45. The molecule has 6 nitrogen and oxygen atoms in total. The van der Waals surface area contributed by atoms with Crippen molar-refractivity contribution in [3.8, 4) is 0 Å². The number of benzene rings is 1. The van der Waals surface area contributed by atoms with Crippen molar-refractivity contribution in [1.82, 2.24) is 10.2 Å². The number of aromatic amines is 1. The molecule has 0 spiro atoms. The van der Waals surface area contributed by atoms with Crippen LogP contribution in [0.5, 0.6) is 0 Å². The van der Waals surface area contributed by atoms with Crippen molar-refractivity contribution < 1.29 is 4.79 Å². The molecular weight excluding hydrogens is 230 g/mol. The number of carbonyl (C=O) groups excluding carboxylic acids is 1. The monoisotopic (exact) mass is 245 g/mol. The lowest BCUT2D eigenvalue weighted by molar-refractivity contribution is 0.102. The Kier molecular flexibility index (Phi) is 3.18. The predicted molar refractivity (Wildman–Crippen MR) is 71.7 cm³/mol. The summed E-state index contributed by atoms with van der Waals surface area (Å²) >= 11 is 0. The fraction of sp³-hybridized carbons (Fsp3) is 0.167. The number of anilines is 3. The van der Waals surface area contributed by atoms with Crippen molar-refractivity contribution in [1.29, 1.82) is 0 Å². The van der Waals surface area contributed by atoms with Gasteiger partial charge in [0.15, 0.2) is 5.82 Å². The van der Waals surface area contributed by atoms with Gasteiger partial charge in [0.2, 0.25) is 0 Å². The Labute approximate surface area is 105 Å². The van der Waals surface area contributed by atoms with Crippen LogP contribution in [0.1, 0.15) is 10.4 Å². The zero-order valence-corrected chi connectivity index (χ0v) is 10.3. The van der Waals surface area contributed by atoms with E-state index in [2.05, 4.69) is 15.5 Å². The first-order chi connectivity index (χ1) is 8.58. The predicted octanol–water partition coefficient (Wildman–Crippen LogP) is 1.31. The molecule has 94 valence electrons. The van der Waals surface area contributed by atoms with Crippen LogP contribution in [-0.2, 0) is 0 Å². The zero-order valence-electron chi connectivity index (χ0n) is 10.3. The molecule has 1 heterocycles. The van der Waals surface area contributed by atoms with Gasteiger partial charge < -0.3 is 16.0 Å². The Morgan fingerprint density at radius 3 is 2.50 bits per heavy atom. The standard InChI is InChI=1S/C12H15N5O/c1-17(2)9-5-3-8(4-6-9)12(18)15-11-10(13)7-14-16-11/h3-7H,13H2,1-2H3,(H2,14,15,16,18). The van der Waals surface area contributed by atoms with Gasteiger partial charge >= 0.3 is 0 Å². The summed E-state index contributed by atoms with van der Waals surface area (Å²) < 4.78 is 0. The fourth-order valence-corrected chi connectivity index (χ4v) is 1.49. The Morgan fingerprint density at radius 1 is 1.33 bits per heavy atom. The molecule has 1 aromatic carbocycles. The molecule has 2 rings (SSSR count). The Bertz CT molecular complexity index is 544. The minimum Gasteiger partial charge on any atom is -0.394 e. The number of aromatic nitrogens is 2. The van der Waals surface area contributed by atoms with E-state index in [1.165, 1.54) is 6.20 Å². The second-order valence-electron chi connectivity index (χ2n) is 4.10. The minimum absolute atomic E-state index is 0.226. The van der Waals surface area contributed by atoms with Crippen LogP contribution >= 0.6 is 0 Å². The van der Waals surface area contributed by atoms with E-state index in [1.807, 2.05) is 31.1 Å². The number of amides is 1. The molecule has 0 saturated carbocycles. The number of carbonyl (C=O) groups is 1. The van der Waals surface area contributed by atoms with Gasteiger partial charge in [0.05, 0.1) is 11.9 Å². The first-order valence-corrected chi connectivity index (χ1v) is 5.45. The van der Waals surface area contributed by atoms with Gasteiger partial charge in [-0.25, -0.2) is 0 Å². The van der Waals surface area contributed by atoms with E-state index in [1.54, 1.807) is 12.1 Å². The SMILES string of the molecule is CN(C)c1ccc(C(=O)Nc2[nH]ncc2N)cc1. The van der Waals surface area contributed by atoms with E-state index < -0.39 is 0 Å². The smallest absolute Gasteiger partial charge is 0.256 e. The largest absolute Gasteiger partial charge is 0.394 e. The second kappa shape index (κ2) is 4.79. The van der Waals surface area contributed by atoms with Gasteiger partial charge in [-0.15, -0.1) is 0 Å². The number of nitrogen functional groups attached to an aromatic ring is 1. The number of nitrogens with zero attached hydrogens (tertiary/aromatic N) is 2. The number of nitrogens with two attached hydrogens (primary N) is 1. The van der Waals surface area contributed by atoms with Gasteiger partial charge in [-0.3, -0.25) is 9.89 Å². The van der Waals surface area contributed by atoms with Crippen molar-refractivity contribution in [2.24, 2.45) is 0 Å². The van der Waals surface area contributed by atoms with Crippen molar-refractivity contribution in [3.63, 3.8) is 0 Å². The summed E-state index contributed by atoms with van der Waals surface area (Å²) in [5.41, 5.74) is 7.63. The molecule has 1 aromatic heterocycles. The average Bonchev–Trinajstić information content (AvgIpc) is 2.75. The summed E-state index contributed by atoms with van der Waals surface area (Å²) in [5.74, 6) is 0.188. The van der Waals surface area contributed by atoms with Gasteiger partial charge in [-0.05, 0) is 24.3 Å². The van der Waals surface area contributed by atoms with Crippen molar-refractivity contribution in [2.45, 2.75) is 0 Å². The highest BCUT2D eigenvalue weighted by Gasteiger charge is 2.09. The van der Waals surface area contributed by atoms with Gasteiger partial charge in [0.25, 0.3) is 5.91 Å². The second-order valence-corrected chi connectivity index (χ2v) is 4.10. The molecule has 0 bridgehead atoms. The normalized spacial score (nSPS) is 10.1. The lowest BCUT2D eigenvalue weighted by Gasteiger charge is -2.12. The molecular formula is C12H15N5O. The molecule has 0 aliphatic heterocycles. The van der Waals surface area contributed by atoms with E-state index >= 15 is 0 Å². The van der Waals surface area contributed by atoms with Crippen LogP contribution in [0, 0.1) is 0 Å². The Balaban J connectivity index is 2.12. The number of H-pyrrole nitrogens is 1. The van der Waals surface area contributed by atoms with Crippen LogP contribution < -0.4 is 16.0 Å². The summed E-state index contributed by atoms with van der Waals surface area (Å²) in [6, 6.07) is 7.28.